The molecule has 1 aromatic carbocycles. The topological polar surface area (TPSA) is 29.1 Å². The first-order chi connectivity index (χ1) is 9.56. The predicted octanol–water partition coefficient (Wildman–Crippen LogP) is 4.64. The van der Waals surface area contributed by atoms with Crippen molar-refractivity contribution in [2.45, 2.75) is 65.8 Å². The van der Waals surface area contributed by atoms with Gasteiger partial charge in [-0.15, -0.1) is 0 Å². The van der Waals surface area contributed by atoms with Crippen LogP contribution in [0.2, 0.25) is 0 Å². The molecule has 0 aromatic heterocycles. The van der Waals surface area contributed by atoms with Crippen molar-refractivity contribution in [1.82, 2.24) is 5.32 Å². The molecule has 2 nitrogen and oxygen atoms in total. The third-order valence-electron chi connectivity index (χ3n) is 3.57. The Labute approximate surface area is 124 Å². The van der Waals surface area contributed by atoms with Gasteiger partial charge in [-0.25, -0.2) is 0 Å². The van der Waals surface area contributed by atoms with Crippen molar-refractivity contribution in [2.24, 2.45) is 5.92 Å². The van der Waals surface area contributed by atoms with E-state index in [1.54, 1.807) is 0 Å². The van der Waals surface area contributed by atoms with Crippen LogP contribution in [0.3, 0.4) is 0 Å². The monoisotopic (exact) mass is 275 g/mol. The smallest absolute Gasteiger partial charge is 0.220 e. The number of benzene rings is 1. The molecule has 0 aliphatic heterocycles. The van der Waals surface area contributed by atoms with Gasteiger partial charge < -0.3 is 5.32 Å². The number of aryl methyl sites for hydroxylation is 1. The average molecular weight is 275 g/mol. The van der Waals surface area contributed by atoms with E-state index in [1.165, 1.54) is 11.1 Å². The maximum Gasteiger partial charge on any atom is 0.220 e. The minimum absolute atomic E-state index is 0.159. The van der Waals surface area contributed by atoms with Crippen LogP contribution in [-0.4, -0.2) is 5.91 Å². The third kappa shape index (κ3) is 5.77. The van der Waals surface area contributed by atoms with E-state index in [4.69, 9.17) is 0 Å². The summed E-state index contributed by atoms with van der Waals surface area (Å²) in [6.45, 7) is 8.51. The first-order valence-electron chi connectivity index (χ1n) is 7.95. The largest absolute Gasteiger partial charge is 0.349 e. The molecular formula is C18H29NO. The minimum Gasteiger partial charge on any atom is -0.349 e. The molecule has 0 saturated carbocycles. The van der Waals surface area contributed by atoms with Crippen LogP contribution in [0.5, 0.6) is 0 Å². The summed E-state index contributed by atoms with van der Waals surface area (Å²) in [5.74, 6) is 0.574. The summed E-state index contributed by atoms with van der Waals surface area (Å²) in [6, 6.07) is 8.82. The Kier molecular flexibility index (Phi) is 7.35. The van der Waals surface area contributed by atoms with Crippen molar-refractivity contribution in [3.8, 4) is 0 Å². The van der Waals surface area contributed by atoms with E-state index in [1.807, 2.05) is 0 Å². The molecule has 1 amide bonds. The van der Waals surface area contributed by atoms with Gasteiger partial charge in [-0.05, 0) is 29.9 Å². The highest BCUT2D eigenvalue weighted by Gasteiger charge is 2.14. The van der Waals surface area contributed by atoms with Gasteiger partial charge in [-0.2, -0.15) is 0 Å². The molecule has 0 fully saturated rings. The second-order valence-electron chi connectivity index (χ2n) is 5.96. The summed E-state index contributed by atoms with van der Waals surface area (Å²) in [4.78, 5) is 12.0. The van der Waals surface area contributed by atoms with Gasteiger partial charge in [0.15, 0.2) is 0 Å². The molecule has 1 N–H and O–H groups in total. The number of rotatable bonds is 8. The van der Waals surface area contributed by atoms with E-state index < -0.39 is 0 Å². The van der Waals surface area contributed by atoms with Gasteiger partial charge in [0.1, 0.15) is 0 Å². The molecule has 1 aromatic rings. The molecule has 1 atom stereocenters. The fourth-order valence-electron chi connectivity index (χ4n) is 2.34. The van der Waals surface area contributed by atoms with Crippen molar-refractivity contribution in [3.05, 3.63) is 35.4 Å². The van der Waals surface area contributed by atoms with Crippen LogP contribution in [0, 0.1) is 5.92 Å². The number of nitrogens with one attached hydrogen (secondary N) is 1. The first kappa shape index (κ1) is 16.7. The Balaban J connectivity index is 2.73. The van der Waals surface area contributed by atoms with Crippen molar-refractivity contribution < 1.29 is 4.79 Å². The average Bonchev–Trinajstić information content (AvgIpc) is 2.42. The quantitative estimate of drug-likeness (QED) is 0.735. The van der Waals surface area contributed by atoms with Crippen molar-refractivity contribution in [3.63, 3.8) is 0 Å². The van der Waals surface area contributed by atoms with E-state index in [0.29, 0.717) is 12.3 Å². The lowest BCUT2D eigenvalue weighted by Gasteiger charge is -2.20. The zero-order chi connectivity index (χ0) is 15.0. The Bertz CT molecular complexity index is 394. The maximum atomic E-state index is 12.0. The van der Waals surface area contributed by atoms with Gasteiger partial charge in [0.25, 0.3) is 0 Å². The van der Waals surface area contributed by atoms with Crippen LogP contribution < -0.4 is 5.32 Å². The van der Waals surface area contributed by atoms with Crippen LogP contribution in [0.1, 0.15) is 70.5 Å². The lowest BCUT2D eigenvalue weighted by Crippen LogP contribution is -2.29. The van der Waals surface area contributed by atoms with E-state index in [2.05, 4.69) is 57.3 Å². The Morgan fingerprint density at radius 1 is 1.15 bits per heavy atom. The van der Waals surface area contributed by atoms with Crippen LogP contribution in [0.25, 0.3) is 0 Å². The standard InChI is InChI=1S/C18H29NO/c1-5-7-8-17(19-18(20)13-14(3)4)16-11-9-15(6-2)10-12-16/h9-12,14,17H,5-8,13H2,1-4H3,(H,19,20). The number of carbonyl (C=O) groups excluding carboxylic acids is 1. The number of carbonyl (C=O) groups is 1. The van der Waals surface area contributed by atoms with Crippen molar-refractivity contribution in [1.29, 1.82) is 0 Å². The van der Waals surface area contributed by atoms with Crippen LogP contribution >= 0.6 is 0 Å². The van der Waals surface area contributed by atoms with Crippen LogP contribution in [-0.2, 0) is 11.2 Å². The van der Waals surface area contributed by atoms with Gasteiger partial charge >= 0.3 is 0 Å². The second kappa shape index (κ2) is 8.78. The first-order valence-corrected chi connectivity index (χ1v) is 7.95. The summed E-state index contributed by atoms with van der Waals surface area (Å²) >= 11 is 0. The van der Waals surface area contributed by atoms with Gasteiger partial charge in [-0.1, -0.05) is 64.8 Å². The lowest BCUT2D eigenvalue weighted by molar-refractivity contribution is -0.122. The molecule has 0 heterocycles. The Morgan fingerprint density at radius 2 is 1.80 bits per heavy atom. The second-order valence-corrected chi connectivity index (χ2v) is 5.96. The van der Waals surface area contributed by atoms with E-state index in [-0.39, 0.29) is 11.9 Å². The van der Waals surface area contributed by atoms with Gasteiger partial charge in [0.05, 0.1) is 6.04 Å². The highest BCUT2D eigenvalue weighted by atomic mass is 16.1. The molecular weight excluding hydrogens is 246 g/mol. The van der Waals surface area contributed by atoms with Crippen LogP contribution in [0.15, 0.2) is 24.3 Å². The molecule has 112 valence electrons. The van der Waals surface area contributed by atoms with E-state index in [9.17, 15) is 4.79 Å². The van der Waals surface area contributed by atoms with E-state index in [0.717, 1.165) is 25.7 Å². The summed E-state index contributed by atoms with van der Waals surface area (Å²) in [5.41, 5.74) is 2.57. The summed E-state index contributed by atoms with van der Waals surface area (Å²) in [6.07, 6.45) is 4.98. The fourth-order valence-corrected chi connectivity index (χ4v) is 2.34. The summed E-state index contributed by atoms with van der Waals surface area (Å²) in [5, 5.41) is 3.20. The zero-order valence-electron chi connectivity index (χ0n) is 13.4. The molecule has 2 heteroatoms. The number of amides is 1. The highest BCUT2D eigenvalue weighted by Crippen LogP contribution is 2.21. The molecule has 0 bridgehead atoms. The molecule has 20 heavy (non-hydrogen) atoms. The summed E-state index contributed by atoms with van der Waals surface area (Å²) < 4.78 is 0. The Hall–Kier alpha value is -1.31. The number of unbranched alkanes of at least 4 members (excludes halogenated alkanes) is 1. The van der Waals surface area contributed by atoms with Crippen molar-refractivity contribution in [2.75, 3.05) is 0 Å². The molecule has 0 aliphatic carbocycles. The van der Waals surface area contributed by atoms with Gasteiger partial charge in [-0.3, -0.25) is 4.79 Å². The minimum atomic E-state index is 0.159. The summed E-state index contributed by atoms with van der Waals surface area (Å²) in [7, 11) is 0. The molecule has 0 saturated heterocycles. The SMILES string of the molecule is CCCCC(NC(=O)CC(C)C)c1ccc(CC)cc1. The van der Waals surface area contributed by atoms with E-state index >= 15 is 0 Å². The Morgan fingerprint density at radius 3 is 2.30 bits per heavy atom. The third-order valence-corrected chi connectivity index (χ3v) is 3.57. The molecule has 1 unspecified atom stereocenters. The van der Waals surface area contributed by atoms with Gasteiger partial charge in [0, 0.05) is 6.42 Å². The number of hydrogen-bond acceptors (Lipinski definition) is 1. The molecule has 0 aliphatic rings. The maximum absolute atomic E-state index is 12.0. The molecule has 0 spiro atoms. The normalized spacial score (nSPS) is 12.4. The fraction of sp³-hybridized carbons (Fsp3) is 0.611. The predicted molar refractivity (Wildman–Crippen MR) is 85.7 cm³/mol. The zero-order valence-corrected chi connectivity index (χ0v) is 13.4. The molecule has 1 rings (SSSR count). The van der Waals surface area contributed by atoms with Crippen LogP contribution in [0.4, 0.5) is 0 Å². The lowest BCUT2D eigenvalue weighted by atomic mass is 9.98. The van der Waals surface area contributed by atoms with Crippen molar-refractivity contribution >= 4 is 5.91 Å². The highest BCUT2D eigenvalue weighted by molar-refractivity contribution is 5.76. The number of hydrogen-bond donors (Lipinski definition) is 1. The van der Waals surface area contributed by atoms with Gasteiger partial charge in [0.2, 0.25) is 5.91 Å². The molecule has 0 radical (unpaired) electrons.